The molecule has 0 saturated heterocycles. The van der Waals surface area contributed by atoms with Crippen LogP contribution in [0.5, 0.6) is 0 Å². The lowest BCUT2D eigenvalue weighted by Crippen LogP contribution is -2.11. The highest BCUT2D eigenvalue weighted by atomic mass is 32.1. The molecule has 1 amide bonds. The Labute approximate surface area is 160 Å². The van der Waals surface area contributed by atoms with Gasteiger partial charge in [0.05, 0.1) is 22.8 Å². The summed E-state index contributed by atoms with van der Waals surface area (Å²) in [6, 6.07) is 18.7. The van der Waals surface area contributed by atoms with Crippen LogP contribution in [0.4, 0.5) is 5.13 Å². The Morgan fingerprint density at radius 2 is 1.85 bits per heavy atom. The van der Waals surface area contributed by atoms with E-state index in [2.05, 4.69) is 21.4 Å². The highest BCUT2D eigenvalue weighted by Crippen LogP contribution is 2.25. The van der Waals surface area contributed by atoms with E-state index in [0.29, 0.717) is 16.3 Å². The van der Waals surface area contributed by atoms with Crippen molar-refractivity contribution in [2.75, 3.05) is 5.32 Å². The van der Waals surface area contributed by atoms with Crippen LogP contribution in [0, 0.1) is 18.3 Å². The standard InChI is InChI=1S/C21H14N4OS/c1-13-2-5-15-8-9-17(10-18(15)23-13)20(26)25-21-24-19(12-27-21)16-6-3-14(11-22)4-7-16/h2-10,12H,1H3,(H,24,25,26). The molecular weight excluding hydrogens is 356 g/mol. The third kappa shape index (κ3) is 3.54. The van der Waals surface area contributed by atoms with Crippen molar-refractivity contribution < 1.29 is 4.79 Å². The van der Waals surface area contributed by atoms with Crippen LogP contribution < -0.4 is 5.32 Å². The molecule has 2 aromatic carbocycles. The molecule has 0 aliphatic heterocycles. The van der Waals surface area contributed by atoms with Crippen molar-refractivity contribution in [3.05, 3.63) is 76.8 Å². The van der Waals surface area contributed by atoms with Gasteiger partial charge in [0, 0.05) is 27.6 Å². The van der Waals surface area contributed by atoms with Crippen molar-refractivity contribution >= 4 is 33.3 Å². The van der Waals surface area contributed by atoms with Gasteiger partial charge in [0.2, 0.25) is 0 Å². The number of nitrogens with zero attached hydrogens (tertiary/aromatic N) is 3. The van der Waals surface area contributed by atoms with Gasteiger partial charge < -0.3 is 0 Å². The molecule has 1 N–H and O–H groups in total. The van der Waals surface area contributed by atoms with E-state index < -0.39 is 0 Å². The minimum absolute atomic E-state index is 0.221. The lowest BCUT2D eigenvalue weighted by Gasteiger charge is -2.04. The number of hydrogen-bond donors (Lipinski definition) is 1. The molecule has 6 heteroatoms. The number of pyridine rings is 1. The Kier molecular flexibility index (Phi) is 4.37. The van der Waals surface area contributed by atoms with Gasteiger partial charge in [-0.3, -0.25) is 15.1 Å². The van der Waals surface area contributed by atoms with Gasteiger partial charge in [-0.1, -0.05) is 24.3 Å². The molecule has 0 atom stereocenters. The van der Waals surface area contributed by atoms with E-state index in [1.54, 1.807) is 24.3 Å². The number of anilines is 1. The van der Waals surface area contributed by atoms with E-state index in [9.17, 15) is 4.79 Å². The Bertz CT molecular complexity index is 1190. The molecule has 0 bridgehead atoms. The summed E-state index contributed by atoms with van der Waals surface area (Å²) in [6.07, 6.45) is 0. The Hall–Kier alpha value is -3.56. The predicted octanol–water partition coefficient (Wildman–Crippen LogP) is 4.79. The zero-order valence-corrected chi connectivity index (χ0v) is 15.2. The van der Waals surface area contributed by atoms with E-state index in [4.69, 9.17) is 5.26 Å². The van der Waals surface area contributed by atoms with Crippen molar-refractivity contribution in [1.29, 1.82) is 5.26 Å². The molecule has 27 heavy (non-hydrogen) atoms. The molecule has 0 spiro atoms. The lowest BCUT2D eigenvalue weighted by atomic mass is 10.1. The van der Waals surface area contributed by atoms with E-state index in [-0.39, 0.29) is 5.91 Å². The first kappa shape index (κ1) is 16.9. The SMILES string of the molecule is Cc1ccc2ccc(C(=O)Nc3nc(-c4ccc(C#N)cc4)cs3)cc2n1. The summed E-state index contributed by atoms with van der Waals surface area (Å²) in [5, 5.41) is 15.1. The van der Waals surface area contributed by atoms with E-state index in [1.165, 1.54) is 11.3 Å². The Morgan fingerprint density at radius 3 is 2.63 bits per heavy atom. The summed E-state index contributed by atoms with van der Waals surface area (Å²) in [5.74, 6) is -0.221. The van der Waals surface area contributed by atoms with E-state index >= 15 is 0 Å². The summed E-state index contributed by atoms with van der Waals surface area (Å²) in [6.45, 7) is 1.92. The molecular formula is C21H14N4OS. The molecule has 2 aromatic heterocycles. The fraction of sp³-hybridized carbons (Fsp3) is 0.0476. The second kappa shape index (κ2) is 6.98. The molecule has 0 aliphatic rings. The van der Waals surface area contributed by atoms with Gasteiger partial charge in [-0.2, -0.15) is 5.26 Å². The number of aromatic nitrogens is 2. The smallest absolute Gasteiger partial charge is 0.257 e. The number of hydrogen-bond acceptors (Lipinski definition) is 5. The van der Waals surface area contributed by atoms with Gasteiger partial charge in [0.15, 0.2) is 5.13 Å². The number of fused-ring (bicyclic) bond motifs is 1. The molecule has 4 aromatic rings. The molecule has 0 unspecified atom stereocenters. The number of carbonyl (C=O) groups is 1. The fourth-order valence-electron chi connectivity index (χ4n) is 2.71. The largest absolute Gasteiger partial charge is 0.298 e. The summed E-state index contributed by atoms with van der Waals surface area (Å²) in [4.78, 5) is 21.5. The van der Waals surface area contributed by atoms with Crippen LogP contribution in [-0.4, -0.2) is 15.9 Å². The predicted molar refractivity (Wildman–Crippen MR) is 107 cm³/mol. The maximum Gasteiger partial charge on any atom is 0.257 e. The third-order valence-corrected chi connectivity index (χ3v) is 4.89. The van der Waals surface area contributed by atoms with Crippen molar-refractivity contribution in [2.24, 2.45) is 0 Å². The number of nitriles is 1. The maximum atomic E-state index is 12.6. The molecule has 2 heterocycles. The quantitative estimate of drug-likeness (QED) is 0.562. The van der Waals surface area contributed by atoms with Gasteiger partial charge in [-0.15, -0.1) is 11.3 Å². The summed E-state index contributed by atoms with van der Waals surface area (Å²) in [7, 11) is 0. The van der Waals surface area contributed by atoms with Crippen LogP contribution in [0.2, 0.25) is 0 Å². The minimum Gasteiger partial charge on any atom is -0.298 e. The van der Waals surface area contributed by atoms with Crippen LogP contribution >= 0.6 is 11.3 Å². The minimum atomic E-state index is -0.221. The van der Waals surface area contributed by atoms with Gasteiger partial charge >= 0.3 is 0 Å². The summed E-state index contributed by atoms with van der Waals surface area (Å²) >= 11 is 1.36. The van der Waals surface area contributed by atoms with Gasteiger partial charge in [0.25, 0.3) is 5.91 Å². The highest BCUT2D eigenvalue weighted by Gasteiger charge is 2.11. The first-order valence-corrected chi connectivity index (χ1v) is 9.15. The molecule has 0 aliphatic carbocycles. The highest BCUT2D eigenvalue weighted by molar-refractivity contribution is 7.14. The molecule has 4 rings (SSSR count). The van der Waals surface area contributed by atoms with Gasteiger partial charge in [0.1, 0.15) is 0 Å². The first-order chi connectivity index (χ1) is 13.1. The normalized spacial score (nSPS) is 10.5. The molecule has 0 saturated carbocycles. The maximum absolute atomic E-state index is 12.6. The average Bonchev–Trinajstić information content (AvgIpc) is 3.16. The lowest BCUT2D eigenvalue weighted by molar-refractivity contribution is 0.102. The molecule has 0 fully saturated rings. The van der Waals surface area contributed by atoms with Crippen LogP contribution in [-0.2, 0) is 0 Å². The van der Waals surface area contributed by atoms with Crippen molar-refractivity contribution in [3.8, 4) is 17.3 Å². The fourth-order valence-corrected chi connectivity index (χ4v) is 3.42. The van der Waals surface area contributed by atoms with Crippen molar-refractivity contribution in [2.45, 2.75) is 6.92 Å². The number of nitrogens with one attached hydrogen (secondary N) is 1. The average molecular weight is 370 g/mol. The van der Waals surface area contributed by atoms with E-state index in [0.717, 1.165) is 27.9 Å². The van der Waals surface area contributed by atoms with Crippen molar-refractivity contribution in [3.63, 3.8) is 0 Å². The first-order valence-electron chi connectivity index (χ1n) is 8.27. The Morgan fingerprint density at radius 1 is 1.07 bits per heavy atom. The molecule has 5 nitrogen and oxygen atoms in total. The third-order valence-electron chi connectivity index (χ3n) is 4.13. The number of thiazole rings is 1. The summed E-state index contributed by atoms with van der Waals surface area (Å²) < 4.78 is 0. The molecule has 130 valence electrons. The topological polar surface area (TPSA) is 78.7 Å². The van der Waals surface area contributed by atoms with Crippen LogP contribution in [0.1, 0.15) is 21.6 Å². The molecule has 0 radical (unpaired) electrons. The van der Waals surface area contributed by atoms with E-state index in [1.807, 2.05) is 42.6 Å². The van der Waals surface area contributed by atoms with Crippen LogP contribution in [0.15, 0.2) is 60.0 Å². The Balaban J connectivity index is 1.54. The number of carbonyl (C=O) groups excluding carboxylic acids is 1. The zero-order valence-electron chi connectivity index (χ0n) is 14.4. The van der Waals surface area contributed by atoms with Crippen LogP contribution in [0.3, 0.4) is 0 Å². The second-order valence-electron chi connectivity index (χ2n) is 6.04. The number of benzene rings is 2. The van der Waals surface area contributed by atoms with Crippen LogP contribution in [0.25, 0.3) is 22.2 Å². The van der Waals surface area contributed by atoms with Gasteiger partial charge in [-0.05, 0) is 37.3 Å². The zero-order chi connectivity index (χ0) is 18.8. The second-order valence-corrected chi connectivity index (χ2v) is 6.90. The summed E-state index contributed by atoms with van der Waals surface area (Å²) in [5.41, 5.74) is 4.50. The number of amides is 1. The van der Waals surface area contributed by atoms with Gasteiger partial charge in [-0.25, -0.2) is 4.98 Å². The number of aryl methyl sites for hydroxylation is 1. The van der Waals surface area contributed by atoms with Crippen molar-refractivity contribution in [1.82, 2.24) is 9.97 Å². The monoisotopic (exact) mass is 370 g/mol. The number of rotatable bonds is 3.